The van der Waals surface area contributed by atoms with E-state index in [0.717, 1.165) is 0 Å². The maximum Gasteiger partial charge on any atom is 0.0367 e. The van der Waals surface area contributed by atoms with Gasteiger partial charge in [0.05, 0.1) is 0 Å². The van der Waals surface area contributed by atoms with E-state index in [2.05, 4.69) is 74.4 Å². The van der Waals surface area contributed by atoms with Gasteiger partial charge in [-0.25, -0.2) is 0 Å². The van der Waals surface area contributed by atoms with Gasteiger partial charge in [-0.1, -0.05) is 12.1 Å². The highest BCUT2D eigenvalue weighted by Crippen LogP contribution is 2.24. The molecule has 0 aliphatic carbocycles. The van der Waals surface area contributed by atoms with Crippen LogP contribution in [0.15, 0.2) is 36.4 Å². The molecule has 0 bridgehead atoms. The Kier molecular flexibility index (Phi) is 2.73. The summed E-state index contributed by atoms with van der Waals surface area (Å²) in [5, 5.41) is 2.58. The zero-order chi connectivity index (χ0) is 11.7. The zero-order valence-corrected chi connectivity index (χ0v) is 10.4. The van der Waals surface area contributed by atoms with Gasteiger partial charge in [-0.3, -0.25) is 0 Å². The molecule has 2 heteroatoms. The van der Waals surface area contributed by atoms with E-state index < -0.39 is 0 Å². The van der Waals surface area contributed by atoms with Crippen molar-refractivity contribution in [1.82, 2.24) is 0 Å². The van der Waals surface area contributed by atoms with Gasteiger partial charge in [-0.05, 0) is 35.0 Å². The summed E-state index contributed by atoms with van der Waals surface area (Å²) < 4.78 is 0. The lowest BCUT2D eigenvalue weighted by molar-refractivity contribution is 1.13. The molecule has 0 saturated heterocycles. The van der Waals surface area contributed by atoms with E-state index in [1.165, 1.54) is 22.1 Å². The van der Waals surface area contributed by atoms with Crippen LogP contribution in [0.4, 0.5) is 11.4 Å². The highest BCUT2D eigenvalue weighted by atomic mass is 15.1. The number of benzene rings is 2. The minimum absolute atomic E-state index is 1.24. The molecular formula is C14H18N2. The summed E-state index contributed by atoms with van der Waals surface area (Å²) in [5.74, 6) is 0. The van der Waals surface area contributed by atoms with Crippen molar-refractivity contribution in [2.24, 2.45) is 0 Å². The van der Waals surface area contributed by atoms with Crippen molar-refractivity contribution >= 4 is 22.1 Å². The second-order valence-corrected chi connectivity index (χ2v) is 4.50. The van der Waals surface area contributed by atoms with Gasteiger partial charge in [0, 0.05) is 39.6 Å². The summed E-state index contributed by atoms with van der Waals surface area (Å²) >= 11 is 0. The van der Waals surface area contributed by atoms with Crippen LogP contribution < -0.4 is 9.80 Å². The molecule has 16 heavy (non-hydrogen) atoms. The van der Waals surface area contributed by atoms with Crippen molar-refractivity contribution in [1.29, 1.82) is 0 Å². The van der Waals surface area contributed by atoms with Crippen molar-refractivity contribution in [3.8, 4) is 0 Å². The largest absolute Gasteiger partial charge is 0.378 e. The standard InChI is InChI=1S/C14H18N2/c1-15(2)13-7-5-11-6-8-14(16(3)4)10-12(11)9-13/h5-10H,1-4H3. The van der Waals surface area contributed by atoms with E-state index in [1.807, 2.05) is 0 Å². The quantitative estimate of drug-likeness (QED) is 0.758. The number of hydrogen-bond acceptors (Lipinski definition) is 2. The Labute approximate surface area is 97.1 Å². The highest BCUT2D eigenvalue weighted by Gasteiger charge is 2.00. The molecule has 0 fully saturated rings. The molecule has 0 saturated carbocycles. The van der Waals surface area contributed by atoms with E-state index in [1.54, 1.807) is 0 Å². The van der Waals surface area contributed by atoms with E-state index in [-0.39, 0.29) is 0 Å². The first-order valence-corrected chi connectivity index (χ1v) is 5.46. The lowest BCUT2D eigenvalue weighted by atomic mass is 10.1. The summed E-state index contributed by atoms with van der Waals surface area (Å²) in [7, 11) is 8.27. The van der Waals surface area contributed by atoms with Crippen LogP contribution in [0.25, 0.3) is 10.8 Å². The fraction of sp³-hybridized carbons (Fsp3) is 0.286. The van der Waals surface area contributed by atoms with Gasteiger partial charge in [0.2, 0.25) is 0 Å². The molecule has 0 aliphatic heterocycles. The fourth-order valence-corrected chi connectivity index (χ4v) is 1.78. The number of fused-ring (bicyclic) bond motifs is 1. The molecule has 0 radical (unpaired) electrons. The topological polar surface area (TPSA) is 6.48 Å². The van der Waals surface area contributed by atoms with Crippen LogP contribution in [0.1, 0.15) is 0 Å². The third kappa shape index (κ3) is 1.96. The van der Waals surface area contributed by atoms with Crippen LogP contribution in [-0.4, -0.2) is 28.2 Å². The summed E-state index contributed by atoms with van der Waals surface area (Å²) in [5.41, 5.74) is 2.48. The molecule has 0 aromatic heterocycles. The average Bonchev–Trinajstić information content (AvgIpc) is 2.27. The van der Waals surface area contributed by atoms with Gasteiger partial charge in [0.15, 0.2) is 0 Å². The third-order valence-corrected chi connectivity index (χ3v) is 2.84. The maximum absolute atomic E-state index is 2.22. The normalized spacial score (nSPS) is 10.5. The second kappa shape index (κ2) is 4.05. The molecule has 0 amide bonds. The molecule has 0 unspecified atom stereocenters. The first-order chi connectivity index (χ1) is 7.58. The summed E-state index contributed by atoms with van der Waals surface area (Å²) in [4.78, 5) is 4.25. The number of nitrogens with zero attached hydrogens (tertiary/aromatic N) is 2. The Balaban J connectivity index is 2.56. The van der Waals surface area contributed by atoms with E-state index in [9.17, 15) is 0 Å². The summed E-state index contributed by atoms with van der Waals surface area (Å²) in [6, 6.07) is 13.1. The number of rotatable bonds is 2. The van der Waals surface area contributed by atoms with Gasteiger partial charge >= 0.3 is 0 Å². The Morgan fingerprint density at radius 2 is 1.06 bits per heavy atom. The van der Waals surface area contributed by atoms with Crippen molar-refractivity contribution in [2.75, 3.05) is 38.0 Å². The molecule has 0 aliphatic rings. The summed E-state index contributed by atoms with van der Waals surface area (Å²) in [6.07, 6.45) is 0. The predicted molar refractivity (Wildman–Crippen MR) is 72.6 cm³/mol. The molecule has 2 aromatic rings. The van der Waals surface area contributed by atoms with Crippen molar-refractivity contribution in [3.05, 3.63) is 36.4 Å². The van der Waals surface area contributed by atoms with Crippen LogP contribution in [0.2, 0.25) is 0 Å². The third-order valence-electron chi connectivity index (χ3n) is 2.84. The lowest BCUT2D eigenvalue weighted by Crippen LogP contribution is -2.09. The average molecular weight is 214 g/mol. The highest BCUT2D eigenvalue weighted by molar-refractivity contribution is 5.88. The van der Waals surface area contributed by atoms with Crippen molar-refractivity contribution in [3.63, 3.8) is 0 Å². The van der Waals surface area contributed by atoms with Crippen molar-refractivity contribution < 1.29 is 0 Å². The number of hydrogen-bond donors (Lipinski definition) is 0. The smallest absolute Gasteiger partial charge is 0.0367 e. The molecule has 0 heterocycles. The molecular weight excluding hydrogens is 196 g/mol. The van der Waals surface area contributed by atoms with Gasteiger partial charge < -0.3 is 9.80 Å². The Bertz CT molecular complexity index is 458. The van der Waals surface area contributed by atoms with Gasteiger partial charge in [0.25, 0.3) is 0 Å². The predicted octanol–water partition coefficient (Wildman–Crippen LogP) is 2.97. The first-order valence-electron chi connectivity index (χ1n) is 5.46. The lowest BCUT2D eigenvalue weighted by Gasteiger charge is -2.15. The van der Waals surface area contributed by atoms with Crippen molar-refractivity contribution in [2.45, 2.75) is 0 Å². The molecule has 2 rings (SSSR count). The molecule has 0 spiro atoms. The maximum atomic E-state index is 2.22. The van der Waals surface area contributed by atoms with Crippen LogP contribution >= 0.6 is 0 Å². The van der Waals surface area contributed by atoms with E-state index >= 15 is 0 Å². The summed E-state index contributed by atoms with van der Waals surface area (Å²) in [6.45, 7) is 0. The SMILES string of the molecule is CN(C)c1ccc2ccc(N(C)C)cc2c1. The van der Waals surface area contributed by atoms with Gasteiger partial charge in [-0.2, -0.15) is 0 Å². The monoisotopic (exact) mass is 214 g/mol. The molecule has 84 valence electrons. The Hall–Kier alpha value is -1.70. The van der Waals surface area contributed by atoms with E-state index in [0.29, 0.717) is 0 Å². The molecule has 0 atom stereocenters. The second-order valence-electron chi connectivity index (χ2n) is 4.50. The Morgan fingerprint density at radius 3 is 1.44 bits per heavy atom. The first kappa shape index (κ1) is 10.8. The molecule has 0 N–H and O–H groups in total. The number of anilines is 2. The fourth-order valence-electron chi connectivity index (χ4n) is 1.78. The van der Waals surface area contributed by atoms with Crippen LogP contribution in [0.5, 0.6) is 0 Å². The van der Waals surface area contributed by atoms with Crippen LogP contribution in [0, 0.1) is 0 Å². The Morgan fingerprint density at radius 1 is 0.625 bits per heavy atom. The van der Waals surface area contributed by atoms with Crippen LogP contribution in [-0.2, 0) is 0 Å². The zero-order valence-electron chi connectivity index (χ0n) is 10.4. The van der Waals surface area contributed by atoms with Gasteiger partial charge in [-0.15, -0.1) is 0 Å². The molecule has 2 aromatic carbocycles. The molecule has 2 nitrogen and oxygen atoms in total. The minimum Gasteiger partial charge on any atom is -0.378 e. The van der Waals surface area contributed by atoms with Gasteiger partial charge in [0.1, 0.15) is 0 Å². The van der Waals surface area contributed by atoms with E-state index in [4.69, 9.17) is 0 Å². The minimum atomic E-state index is 1.24. The van der Waals surface area contributed by atoms with Crippen LogP contribution in [0.3, 0.4) is 0 Å².